The Bertz CT molecular complexity index is 822. The molecule has 0 unspecified atom stereocenters. The number of nitrogens with one attached hydrogen (secondary N) is 1. The van der Waals surface area contributed by atoms with Gasteiger partial charge in [-0.1, -0.05) is 11.3 Å². The van der Waals surface area contributed by atoms with E-state index >= 15 is 0 Å². The Morgan fingerprint density at radius 2 is 2.19 bits per heavy atom. The molecule has 0 saturated heterocycles. The lowest BCUT2D eigenvalue weighted by Gasteiger charge is -2.05. The summed E-state index contributed by atoms with van der Waals surface area (Å²) in [6.45, 7) is 4.04. The number of nitrogen functional groups attached to an aromatic ring is 1. The zero-order valence-electron chi connectivity index (χ0n) is 11.5. The van der Waals surface area contributed by atoms with E-state index in [9.17, 15) is 4.79 Å². The van der Waals surface area contributed by atoms with E-state index in [1.807, 2.05) is 19.9 Å². The SMILES string of the molecule is Cc1cc2nc(C(=O)NCc3nnc(N)s3)cc(C)n2n1. The van der Waals surface area contributed by atoms with Gasteiger partial charge < -0.3 is 11.1 Å². The molecule has 0 aromatic carbocycles. The number of rotatable bonds is 3. The van der Waals surface area contributed by atoms with Crippen molar-refractivity contribution >= 4 is 28.0 Å². The highest BCUT2D eigenvalue weighted by molar-refractivity contribution is 7.15. The van der Waals surface area contributed by atoms with Crippen molar-refractivity contribution < 1.29 is 4.79 Å². The summed E-state index contributed by atoms with van der Waals surface area (Å²) in [6.07, 6.45) is 0. The molecular weight excluding hydrogens is 290 g/mol. The molecule has 0 bridgehead atoms. The summed E-state index contributed by atoms with van der Waals surface area (Å²) < 4.78 is 1.71. The third-order valence-corrected chi connectivity index (χ3v) is 3.60. The fourth-order valence-electron chi connectivity index (χ4n) is 1.94. The number of nitrogens with zero attached hydrogens (tertiary/aromatic N) is 5. The minimum absolute atomic E-state index is 0.270. The van der Waals surface area contributed by atoms with Gasteiger partial charge >= 0.3 is 0 Å². The molecule has 3 rings (SSSR count). The van der Waals surface area contributed by atoms with Crippen LogP contribution in [-0.4, -0.2) is 30.7 Å². The van der Waals surface area contributed by atoms with Crippen molar-refractivity contribution in [3.05, 3.63) is 34.2 Å². The van der Waals surface area contributed by atoms with Crippen LogP contribution in [0.1, 0.15) is 26.9 Å². The zero-order chi connectivity index (χ0) is 15.0. The molecular formula is C12H13N7OS. The van der Waals surface area contributed by atoms with Gasteiger partial charge in [0.05, 0.1) is 12.2 Å². The number of hydrogen-bond acceptors (Lipinski definition) is 7. The van der Waals surface area contributed by atoms with Gasteiger partial charge in [-0.3, -0.25) is 4.79 Å². The minimum Gasteiger partial charge on any atom is -0.374 e. The molecule has 8 nitrogen and oxygen atoms in total. The van der Waals surface area contributed by atoms with Crippen molar-refractivity contribution in [2.45, 2.75) is 20.4 Å². The molecule has 0 spiro atoms. The monoisotopic (exact) mass is 303 g/mol. The van der Waals surface area contributed by atoms with Gasteiger partial charge in [0.25, 0.3) is 5.91 Å². The number of aromatic nitrogens is 5. The van der Waals surface area contributed by atoms with E-state index < -0.39 is 0 Å². The van der Waals surface area contributed by atoms with Crippen molar-refractivity contribution in [1.82, 2.24) is 30.1 Å². The highest BCUT2D eigenvalue weighted by Crippen LogP contribution is 2.11. The van der Waals surface area contributed by atoms with Crippen LogP contribution < -0.4 is 11.1 Å². The fourth-order valence-corrected chi connectivity index (χ4v) is 2.49. The first-order chi connectivity index (χ1) is 10.0. The molecule has 3 N–H and O–H groups in total. The summed E-state index contributed by atoms with van der Waals surface area (Å²) in [5.74, 6) is -0.270. The molecule has 0 aliphatic rings. The lowest BCUT2D eigenvalue weighted by molar-refractivity contribution is 0.0946. The molecule has 1 amide bonds. The van der Waals surface area contributed by atoms with Crippen LogP contribution >= 0.6 is 11.3 Å². The average Bonchev–Trinajstić information content (AvgIpc) is 3.01. The Labute approximate surface area is 124 Å². The smallest absolute Gasteiger partial charge is 0.270 e. The Kier molecular flexibility index (Phi) is 3.26. The number of anilines is 1. The fraction of sp³-hybridized carbons (Fsp3) is 0.250. The number of fused-ring (bicyclic) bond motifs is 1. The largest absolute Gasteiger partial charge is 0.374 e. The molecule has 9 heteroatoms. The summed E-state index contributed by atoms with van der Waals surface area (Å²) in [5, 5.41) is 15.6. The second-order valence-electron chi connectivity index (χ2n) is 4.56. The van der Waals surface area contributed by atoms with E-state index in [1.54, 1.807) is 10.6 Å². The predicted octanol–water partition coefficient (Wildman–Crippen LogP) is 0.710. The van der Waals surface area contributed by atoms with E-state index in [2.05, 4.69) is 25.6 Å². The third kappa shape index (κ3) is 2.68. The van der Waals surface area contributed by atoms with Crippen LogP contribution in [0.5, 0.6) is 0 Å². The highest BCUT2D eigenvalue weighted by atomic mass is 32.1. The van der Waals surface area contributed by atoms with Gasteiger partial charge in [-0.2, -0.15) is 5.10 Å². The van der Waals surface area contributed by atoms with Gasteiger partial charge in [-0.25, -0.2) is 9.50 Å². The molecule has 108 valence electrons. The van der Waals surface area contributed by atoms with Crippen molar-refractivity contribution in [3.8, 4) is 0 Å². The van der Waals surface area contributed by atoms with Crippen molar-refractivity contribution in [2.24, 2.45) is 0 Å². The summed E-state index contributed by atoms with van der Waals surface area (Å²) in [4.78, 5) is 16.5. The van der Waals surface area contributed by atoms with Crippen molar-refractivity contribution in [3.63, 3.8) is 0 Å². The van der Waals surface area contributed by atoms with Gasteiger partial charge in [0, 0.05) is 11.8 Å². The summed E-state index contributed by atoms with van der Waals surface area (Å²) in [7, 11) is 0. The molecule has 0 saturated carbocycles. The Hall–Kier alpha value is -2.55. The normalized spacial score (nSPS) is 11.0. The standard InChI is InChI=1S/C12H13N7OS/c1-6-3-9-15-8(4-7(2)19(9)18-6)11(20)14-5-10-16-17-12(13)21-10/h3-4H,5H2,1-2H3,(H2,13,17)(H,14,20). The van der Waals surface area contributed by atoms with Crippen LogP contribution in [0.15, 0.2) is 12.1 Å². The molecule has 0 atom stereocenters. The molecule has 21 heavy (non-hydrogen) atoms. The molecule has 3 aromatic heterocycles. The second-order valence-corrected chi connectivity index (χ2v) is 5.65. The Morgan fingerprint density at radius 1 is 1.38 bits per heavy atom. The van der Waals surface area contributed by atoms with E-state index in [4.69, 9.17) is 5.73 Å². The van der Waals surface area contributed by atoms with E-state index in [1.165, 1.54) is 11.3 Å². The van der Waals surface area contributed by atoms with Crippen molar-refractivity contribution in [2.75, 3.05) is 5.73 Å². The number of aryl methyl sites for hydroxylation is 2. The van der Waals surface area contributed by atoms with Gasteiger partial charge in [0.15, 0.2) is 5.65 Å². The first-order valence-electron chi connectivity index (χ1n) is 6.23. The van der Waals surface area contributed by atoms with Crippen LogP contribution in [0.2, 0.25) is 0 Å². The first kappa shape index (κ1) is 13.4. The maximum atomic E-state index is 12.1. The average molecular weight is 303 g/mol. The Balaban J connectivity index is 1.80. The van der Waals surface area contributed by atoms with Crippen LogP contribution in [0.25, 0.3) is 5.65 Å². The van der Waals surface area contributed by atoms with Gasteiger partial charge in [0.1, 0.15) is 10.7 Å². The number of carbonyl (C=O) groups excluding carboxylic acids is 1. The van der Waals surface area contributed by atoms with Gasteiger partial charge in [0.2, 0.25) is 5.13 Å². The molecule has 3 heterocycles. The molecule has 0 fully saturated rings. The number of amides is 1. The number of carbonyl (C=O) groups is 1. The van der Waals surface area contributed by atoms with Crippen LogP contribution in [0, 0.1) is 13.8 Å². The van der Waals surface area contributed by atoms with Crippen LogP contribution in [0.4, 0.5) is 5.13 Å². The highest BCUT2D eigenvalue weighted by Gasteiger charge is 2.12. The topological polar surface area (TPSA) is 111 Å². The van der Waals surface area contributed by atoms with Crippen LogP contribution in [0.3, 0.4) is 0 Å². The minimum atomic E-state index is -0.270. The molecule has 0 radical (unpaired) electrons. The second kappa shape index (κ2) is 5.09. The zero-order valence-corrected chi connectivity index (χ0v) is 12.3. The summed E-state index contributed by atoms with van der Waals surface area (Å²) in [6, 6.07) is 3.53. The molecule has 0 aliphatic carbocycles. The van der Waals surface area contributed by atoms with Gasteiger partial charge in [-0.05, 0) is 19.9 Å². The predicted molar refractivity (Wildman–Crippen MR) is 78.0 cm³/mol. The molecule has 0 aliphatic heterocycles. The maximum absolute atomic E-state index is 12.1. The lowest BCUT2D eigenvalue weighted by Crippen LogP contribution is -2.24. The van der Waals surface area contributed by atoms with E-state index in [0.29, 0.717) is 21.5 Å². The van der Waals surface area contributed by atoms with Crippen molar-refractivity contribution in [1.29, 1.82) is 0 Å². The molecule has 3 aromatic rings. The summed E-state index contributed by atoms with van der Waals surface area (Å²) >= 11 is 1.24. The van der Waals surface area contributed by atoms with Gasteiger partial charge in [-0.15, -0.1) is 10.2 Å². The van der Waals surface area contributed by atoms with E-state index in [0.717, 1.165) is 11.4 Å². The van der Waals surface area contributed by atoms with Crippen LogP contribution in [-0.2, 0) is 6.54 Å². The third-order valence-electron chi connectivity index (χ3n) is 2.84. The lowest BCUT2D eigenvalue weighted by atomic mass is 10.3. The summed E-state index contributed by atoms with van der Waals surface area (Å²) in [5.41, 5.74) is 8.19. The number of hydrogen-bond donors (Lipinski definition) is 2. The maximum Gasteiger partial charge on any atom is 0.270 e. The first-order valence-corrected chi connectivity index (χ1v) is 7.04. The number of nitrogens with two attached hydrogens (primary N) is 1. The quantitative estimate of drug-likeness (QED) is 0.737. The Morgan fingerprint density at radius 3 is 2.90 bits per heavy atom. The van der Waals surface area contributed by atoms with E-state index in [-0.39, 0.29) is 12.5 Å².